The summed E-state index contributed by atoms with van der Waals surface area (Å²) < 4.78 is 3.29. The monoisotopic (exact) mass is 508 g/mol. The van der Waals surface area contributed by atoms with Crippen LogP contribution < -0.4 is 0 Å². The molecule has 0 saturated heterocycles. The molecule has 4 aromatic carbocycles. The first-order chi connectivity index (χ1) is 18.4. The highest BCUT2D eigenvalue weighted by Gasteiger charge is 2.22. The van der Waals surface area contributed by atoms with Gasteiger partial charge in [-0.2, -0.15) is 5.26 Å². The van der Waals surface area contributed by atoms with Crippen LogP contribution in [0.3, 0.4) is 0 Å². The summed E-state index contributed by atoms with van der Waals surface area (Å²) in [7, 11) is 0. The van der Waals surface area contributed by atoms with Gasteiger partial charge in [0.1, 0.15) is 10.7 Å². The molecule has 0 saturated carbocycles. The van der Waals surface area contributed by atoms with Crippen LogP contribution in [0.15, 0.2) is 91.1 Å². The number of benzene rings is 4. The first-order valence-electron chi connectivity index (χ1n) is 12.7. The number of hydrogen-bond donors (Lipinski definition) is 0. The highest BCUT2D eigenvalue weighted by atomic mass is 32.1. The highest BCUT2D eigenvalue weighted by Crippen LogP contribution is 2.42. The number of fused-ring (bicyclic) bond motifs is 6. The Bertz CT molecular complexity index is 2070. The Morgan fingerprint density at radius 3 is 2.42 bits per heavy atom. The lowest BCUT2D eigenvalue weighted by molar-refractivity contribution is 0.590. The van der Waals surface area contributed by atoms with Crippen LogP contribution in [0.1, 0.15) is 31.9 Å². The maximum atomic E-state index is 9.95. The molecule has 5 heteroatoms. The number of hydrogen-bond acceptors (Lipinski definition) is 4. The number of rotatable bonds is 2. The normalized spacial score (nSPS) is 12.1. The van der Waals surface area contributed by atoms with Gasteiger partial charge < -0.3 is 0 Å². The molecule has 0 aliphatic heterocycles. The molecule has 0 fully saturated rings. The van der Waals surface area contributed by atoms with Crippen LogP contribution >= 0.6 is 11.3 Å². The molecule has 0 N–H and O–H groups in total. The summed E-state index contributed by atoms with van der Waals surface area (Å²) in [4.78, 5) is 10.8. The van der Waals surface area contributed by atoms with Gasteiger partial charge in [0.05, 0.1) is 22.7 Å². The molecule has 0 amide bonds. The van der Waals surface area contributed by atoms with Crippen molar-refractivity contribution in [2.75, 3.05) is 0 Å². The van der Waals surface area contributed by atoms with E-state index in [2.05, 4.69) is 97.1 Å². The van der Waals surface area contributed by atoms with Gasteiger partial charge in [-0.3, -0.25) is 4.57 Å². The van der Waals surface area contributed by atoms with Gasteiger partial charge in [-0.05, 0) is 58.8 Å². The van der Waals surface area contributed by atoms with Gasteiger partial charge in [0, 0.05) is 38.3 Å². The lowest BCUT2D eigenvalue weighted by Crippen LogP contribution is -2.11. The zero-order valence-electron chi connectivity index (χ0n) is 21.4. The molecule has 3 aromatic heterocycles. The van der Waals surface area contributed by atoms with Crippen molar-refractivity contribution in [2.24, 2.45) is 0 Å². The van der Waals surface area contributed by atoms with Gasteiger partial charge in [0.25, 0.3) is 0 Å². The number of aromatic nitrogens is 3. The number of imidazole rings is 1. The van der Waals surface area contributed by atoms with E-state index in [9.17, 15) is 5.26 Å². The molecule has 0 radical (unpaired) electrons. The predicted octanol–water partition coefficient (Wildman–Crippen LogP) is 8.78. The molecule has 4 nitrogen and oxygen atoms in total. The van der Waals surface area contributed by atoms with Gasteiger partial charge in [-0.15, -0.1) is 11.3 Å². The Kier molecular flexibility index (Phi) is 4.91. The van der Waals surface area contributed by atoms with E-state index < -0.39 is 0 Å². The molecule has 182 valence electrons. The van der Waals surface area contributed by atoms with Crippen molar-refractivity contribution in [1.82, 2.24) is 14.5 Å². The molecular weight excluding hydrogens is 484 g/mol. The van der Waals surface area contributed by atoms with Gasteiger partial charge in [0.2, 0.25) is 0 Å². The Morgan fingerprint density at radius 1 is 0.842 bits per heavy atom. The third kappa shape index (κ3) is 3.34. The van der Waals surface area contributed by atoms with E-state index in [-0.39, 0.29) is 5.41 Å². The maximum Gasteiger partial charge on any atom is 0.147 e. The highest BCUT2D eigenvalue weighted by molar-refractivity contribution is 7.26. The largest absolute Gasteiger partial charge is 0.292 e. The Labute approximate surface area is 224 Å². The van der Waals surface area contributed by atoms with Crippen LogP contribution in [0.4, 0.5) is 0 Å². The molecule has 0 spiro atoms. The number of nitriles is 1. The summed E-state index contributed by atoms with van der Waals surface area (Å²) in [6, 6.07) is 31.9. The van der Waals surface area contributed by atoms with Crippen LogP contribution in [0, 0.1) is 11.3 Å². The molecule has 38 heavy (non-hydrogen) atoms. The Hall–Kier alpha value is -4.53. The fourth-order valence-electron chi connectivity index (χ4n) is 5.35. The van der Waals surface area contributed by atoms with Crippen LogP contribution in [-0.4, -0.2) is 14.5 Å². The second-order valence-electron chi connectivity index (χ2n) is 10.7. The van der Waals surface area contributed by atoms with Crippen molar-refractivity contribution in [3.8, 4) is 23.1 Å². The van der Waals surface area contributed by atoms with Crippen molar-refractivity contribution >= 4 is 53.4 Å². The predicted molar refractivity (Wildman–Crippen MR) is 158 cm³/mol. The molecular formula is C33H24N4S. The maximum absolute atomic E-state index is 9.95. The third-order valence-corrected chi connectivity index (χ3v) is 8.45. The summed E-state index contributed by atoms with van der Waals surface area (Å²) in [6.07, 6.45) is 1.81. The number of nitrogens with zero attached hydrogens (tertiary/aromatic N) is 4. The molecule has 0 aliphatic rings. The third-order valence-electron chi connectivity index (χ3n) is 7.30. The molecule has 0 aliphatic carbocycles. The van der Waals surface area contributed by atoms with Crippen molar-refractivity contribution in [3.05, 3.63) is 102 Å². The Morgan fingerprint density at radius 2 is 1.63 bits per heavy atom. The van der Waals surface area contributed by atoms with E-state index in [4.69, 9.17) is 4.98 Å². The SMILES string of the molecule is CC(C)(C)c1ccc(-n2c(-c3ccc(C#N)c4c3sc3ncccc34)nc3c4ccccc4ccc32)cc1. The van der Waals surface area contributed by atoms with Crippen LogP contribution in [0.5, 0.6) is 0 Å². The topological polar surface area (TPSA) is 54.5 Å². The average molecular weight is 509 g/mol. The Balaban J connectivity index is 1.60. The van der Waals surface area contributed by atoms with E-state index in [1.54, 1.807) is 11.3 Å². The second-order valence-corrected chi connectivity index (χ2v) is 11.7. The van der Waals surface area contributed by atoms with E-state index in [1.165, 1.54) is 5.56 Å². The fourth-order valence-corrected chi connectivity index (χ4v) is 6.53. The average Bonchev–Trinajstić information content (AvgIpc) is 3.52. The van der Waals surface area contributed by atoms with Crippen molar-refractivity contribution in [2.45, 2.75) is 26.2 Å². The van der Waals surface area contributed by atoms with Crippen LogP contribution in [0.2, 0.25) is 0 Å². The zero-order chi connectivity index (χ0) is 26.0. The standard InChI is InChI=1S/C33H24N4S/c1-33(2,3)22-12-14-23(15-13-22)37-27-17-11-20-7-4-5-8-24(20)29(27)36-31(37)26-16-10-21(19-34)28-25-9-6-18-35-32(25)38-30(26)28/h4-18H,1-3H3. The van der Waals surface area contributed by atoms with Gasteiger partial charge in [-0.25, -0.2) is 9.97 Å². The smallest absolute Gasteiger partial charge is 0.147 e. The van der Waals surface area contributed by atoms with Crippen molar-refractivity contribution in [1.29, 1.82) is 5.26 Å². The van der Waals surface area contributed by atoms with E-state index >= 15 is 0 Å². The summed E-state index contributed by atoms with van der Waals surface area (Å²) in [5.41, 5.74) is 6.09. The lowest BCUT2D eigenvalue weighted by atomic mass is 9.87. The van der Waals surface area contributed by atoms with Crippen LogP contribution in [-0.2, 0) is 5.41 Å². The molecule has 0 unspecified atom stereocenters. The van der Waals surface area contributed by atoms with Crippen molar-refractivity contribution in [3.63, 3.8) is 0 Å². The lowest BCUT2D eigenvalue weighted by Gasteiger charge is -2.19. The minimum absolute atomic E-state index is 0.0674. The molecule has 0 bridgehead atoms. The van der Waals surface area contributed by atoms with Gasteiger partial charge in [-0.1, -0.05) is 63.2 Å². The fraction of sp³-hybridized carbons (Fsp3) is 0.121. The van der Waals surface area contributed by atoms with Crippen molar-refractivity contribution < 1.29 is 0 Å². The molecule has 0 atom stereocenters. The summed E-state index contributed by atoms with van der Waals surface area (Å²) in [5, 5.41) is 14.2. The van der Waals surface area contributed by atoms with Gasteiger partial charge >= 0.3 is 0 Å². The van der Waals surface area contributed by atoms with Gasteiger partial charge in [0.15, 0.2) is 0 Å². The van der Waals surface area contributed by atoms with E-state index in [0.717, 1.165) is 59.2 Å². The molecule has 7 rings (SSSR count). The first-order valence-corrected chi connectivity index (χ1v) is 13.5. The first kappa shape index (κ1) is 22.7. The summed E-state index contributed by atoms with van der Waals surface area (Å²) >= 11 is 1.62. The minimum Gasteiger partial charge on any atom is -0.292 e. The molecule has 7 aromatic rings. The number of pyridine rings is 1. The summed E-state index contributed by atoms with van der Waals surface area (Å²) in [5.74, 6) is 0.862. The second kappa shape index (κ2) is 8.24. The molecule has 3 heterocycles. The zero-order valence-corrected chi connectivity index (χ0v) is 22.2. The number of thiophene rings is 1. The van der Waals surface area contributed by atoms with E-state index in [0.29, 0.717) is 5.56 Å². The van der Waals surface area contributed by atoms with E-state index in [1.807, 2.05) is 30.5 Å². The quantitative estimate of drug-likeness (QED) is 0.234. The van der Waals surface area contributed by atoms with Crippen LogP contribution in [0.25, 0.3) is 59.2 Å². The summed E-state index contributed by atoms with van der Waals surface area (Å²) in [6.45, 7) is 6.69. The minimum atomic E-state index is 0.0674.